The van der Waals surface area contributed by atoms with Crippen LogP contribution in [0.15, 0.2) is 18.2 Å². The van der Waals surface area contributed by atoms with Gasteiger partial charge in [-0.3, -0.25) is 19.7 Å². The Hall–Kier alpha value is -2.68. The summed E-state index contributed by atoms with van der Waals surface area (Å²) in [6.45, 7) is 1.13. The lowest BCUT2D eigenvalue weighted by molar-refractivity contribution is -0.384. The zero-order chi connectivity index (χ0) is 18.8. The maximum absolute atomic E-state index is 11.9. The molecule has 0 aliphatic rings. The van der Waals surface area contributed by atoms with Gasteiger partial charge in [0.1, 0.15) is 11.6 Å². The van der Waals surface area contributed by atoms with E-state index in [0.717, 1.165) is 12.5 Å². The second-order valence-electron chi connectivity index (χ2n) is 4.84. The van der Waals surface area contributed by atoms with Crippen LogP contribution in [0.2, 0.25) is 5.02 Å². The van der Waals surface area contributed by atoms with Gasteiger partial charge in [0.15, 0.2) is 6.61 Å². The lowest BCUT2D eigenvalue weighted by Gasteiger charge is -2.07. The van der Waals surface area contributed by atoms with Gasteiger partial charge in [-0.1, -0.05) is 24.9 Å². The number of rotatable bonds is 9. The number of amides is 1. The van der Waals surface area contributed by atoms with Crippen molar-refractivity contribution in [1.29, 1.82) is 0 Å². The van der Waals surface area contributed by atoms with Crippen molar-refractivity contribution < 1.29 is 28.8 Å². The lowest BCUT2D eigenvalue weighted by atomic mass is 10.2. The highest BCUT2D eigenvalue weighted by atomic mass is 35.5. The van der Waals surface area contributed by atoms with Gasteiger partial charge in [0.25, 0.3) is 11.6 Å². The van der Waals surface area contributed by atoms with Crippen LogP contribution in [0.1, 0.15) is 30.1 Å². The predicted molar refractivity (Wildman–Crippen MR) is 87.3 cm³/mol. The van der Waals surface area contributed by atoms with Gasteiger partial charge in [-0.25, -0.2) is 4.79 Å². The van der Waals surface area contributed by atoms with Gasteiger partial charge >= 0.3 is 11.9 Å². The second-order valence-corrected chi connectivity index (χ2v) is 5.25. The Morgan fingerprint density at radius 3 is 2.60 bits per heavy atom. The minimum absolute atomic E-state index is 0.0390. The number of halogens is 1. The van der Waals surface area contributed by atoms with E-state index in [9.17, 15) is 24.5 Å². The zero-order valence-electron chi connectivity index (χ0n) is 13.5. The molecule has 0 aliphatic heterocycles. The van der Waals surface area contributed by atoms with Crippen molar-refractivity contribution in [3.63, 3.8) is 0 Å². The van der Waals surface area contributed by atoms with Crippen molar-refractivity contribution in [3.8, 4) is 0 Å². The van der Waals surface area contributed by atoms with Gasteiger partial charge in [-0.15, -0.1) is 0 Å². The zero-order valence-corrected chi connectivity index (χ0v) is 14.2. The van der Waals surface area contributed by atoms with Crippen LogP contribution in [0.25, 0.3) is 0 Å². The fourth-order valence-electron chi connectivity index (χ4n) is 1.61. The average molecular weight is 373 g/mol. The molecular weight excluding hydrogens is 356 g/mol. The van der Waals surface area contributed by atoms with Crippen molar-refractivity contribution in [3.05, 3.63) is 38.9 Å². The molecule has 1 rings (SSSR count). The maximum atomic E-state index is 11.9. The molecule has 0 saturated carbocycles. The molecule has 0 radical (unpaired) electrons. The van der Waals surface area contributed by atoms with Crippen molar-refractivity contribution in [2.45, 2.75) is 19.8 Å². The summed E-state index contributed by atoms with van der Waals surface area (Å²) in [5.74, 6) is -2.24. The summed E-state index contributed by atoms with van der Waals surface area (Å²) in [4.78, 5) is 44.6. The fourth-order valence-corrected chi connectivity index (χ4v) is 1.80. The van der Waals surface area contributed by atoms with E-state index in [1.165, 1.54) is 12.1 Å². The molecule has 0 bridgehead atoms. The third-order valence-corrected chi connectivity index (χ3v) is 3.23. The number of hydrogen-bond donors (Lipinski definition) is 1. The first-order valence-electron chi connectivity index (χ1n) is 7.38. The Labute approximate surface area is 148 Å². The number of nitrogens with one attached hydrogen (secondary N) is 1. The number of carbonyl (C=O) groups is 3. The highest BCUT2D eigenvalue weighted by Gasteiger charge is 2.17. The van der Waals surface area contributed by atoms with Gasteiger partial charge in [0.05, 0.1) is 11.5 Å². The molecule has 1 amide bonds. The van der Waals surface area contributed by atoms with Crippen LogP contribution in [0.4, 0.5) is 5.69 Å². The van der Waals surface area contributed by atoms with E-state index in [1.807, 2.05) is 6.92 Å². The first kappa shape index (κ1) is 20.4. The summed E-state index contributed by atoms with van der Waals surface area (Å²) in [6.07, 6.45) is 1.57. The van der Waals surface area contributed by atoms with E-state index in [1.54, 1.807) is 0 Å². The summed E-state index contributed by atoms with van der Waals surface area (Å²) >= 11 is 5.65. The number of nitro groups is 1. The van der Waals surface area contributed by atoms with E-state index in [2.05, 4.69) is 10.1 Å². The summed E-state index contributed by atoms with van der Waals surface area (Å²) in [6, 6.07) is 3.48. The molecule has 0 heterocycles. The normalized spacial score (nSPS) is 10.0. The van der Waals surface area contributed by atoms with Crippen molar-refractivity contribution in [2.24, 2.45) is 0 Å². The Morgan fingerprint density at radius 1 is 1.24 bits per heavy atom. The highest BCUT2D eigenvalue weighted by Crippen LogP contribution is 2.24. The van der Waals surface area contributed by atoms with Gasteiger partial charge in [0, 0.05) is 11.6 Å². The number of benzene rings is 1. The molecule has 9 nitrogen and oxygen atoms in total. The van der Waals surface area contributed by atoms with Crippen LogP contribution >= 0.6 is 11.6 Å². The summed E-state index contributed by atoms with van der Waals surface area (Å²) < 4.78 is 9.44. The second kappa shape index (κ2) is 10.2. The number of esters is 2. The molecule has 1 aromatic carbocycles. The van der Waals surface area contributed by atoms with Crippen molar-refractivity contribution in [1.82, 2.24) is 5.32 Å². The quantitative estimate of drug-likeness (QED) is 0.303. The first-order chi connectivity index (χ1) is 11.8. The van der Waals surface area contributed by atoms with E-state index < -0.39 is 41.6 Å². The van der Waals surface area contributed by atoms with E-state index >= 15 is 0 Å². The predicted octanol–water partition coefficient (Wildman–Crippen LogP) is 1.86. The fraction of sp³-hybridized carbons (Fsp3) is 0.400. The molecule has 1 N–H and O–H groups in total. The summed E-state index contributed by atoms with van der Waals surface area (Å²) in [7, 11) is 0. The lowest BCUT2D eigenvalue weighted by Crippen LogP contribution is -2.31. The number of hydrogen-bond acceptors (Lipinski definition) is 7. The minimum atomic E-state index is -0.843. The largest absolute Gasteiger partial charge is 0.463 e. The minimum Gasteiger partial charge on any atom is -0.463 e. The van der Waals surface area contributed by atoms with E-state index in [-0.39, 0.29) is 17.2 Å². The topological polar surface area (TPSA) is 125 Å². The summed E-state index contributed by atoms with van der Waals surface area (Å²) in [5, 5.41) is 12.9. The summed E-state index contributed by atoms with van der Waals surface area (Å²) in [5.41, 5.74) is -0.463. The standard InChI is InChI=1S/C15H17ClN2O7/c1-2-3-6-24-14(20)9-25-13(19)8-17-15(21)10-4-5-11(16)12(7-10)18(22)23/h4-5,7H,2-3,6,8-9H2,1H3,(H,17,21). The molecule has 0 spiro atoms. The highest BCUT2D eigenvalue weighted by molar-refractivity contribution is 6.32. The number of nitro benzene ring substituents is 1. The van der Waals surface area contributed by atoms with E-state index in [4.69, 9.17) is 16.3 Å². The first-order valence-corrected chi connectivity index (χ1v) is 7.76. The third kappa shape index (κ3) is 7.17. The Morgan fingerprint density at radius 2 is 1.96 bits per heavy atom. The Balaban J connectivity index is 2.43. The Kier molecular flexibility index (Phi) is 8.34. The molecule has 0 atom stereocenters. The van der Waals surface area contributed by atoms with Crippen LogP contribution in [-0.4, -0.2) is 42.5 Å². The number of carbonyl (C=O) groups excluding carboxylic acids is 3. The number of unbranched alkanes of at least 4 members (excludes halogenated alkanes) is 1. The monoisotopic (exact) mass is 372 g/mol. The third-order valence-electron chi connectivity index (χ3n) is 2.91. The van der Waals surface area contributed by atoms with E-state index in [0.29, 0.717) is 6.42 Å². The SMILES string of the molecule is CCCCOC(=O)COC(=O)CNC(=O)c1ccc(Cl)c([N+](=O)[O-])c1. The van der Waals surface area contributed by atoms with Crippen LogP contribution in [0.3, 0.4) is 0 Å². The molecule has 0 saturated heterocycles. The number of ether oxygens (including phenoxy) is 2. The molecule has 0 unspecified atom stereocenters. The maximum Gasteiger partial charge on any atom is 0.344 e. The average Bonchev–Trinajstić information content (AvgIpc) is 2.58. The van der Waals surface area contributed by atoms with Crippen molar-refractivity contribution in [2.75, 3.05) is 19.8 Å². The van der Waals surface area contributed by atoms with Crippen LogP contribution in [0.5, 0.6) is 0 Å². The van der Waals surface area contributed by atoms with Gasteiger partial charge in [-0.05, 0) is 18.6 Å². The van der Waals surface area contributed by atoms with Crippen LogP contribution < -0.4 is 5.32 Å². The van der Waals surface area contributed by atoms with Gasteiger partial charge in [0.2, 0.25) is 0 Å². The molecule has 0 fully saturated rings. The van der Waals surface area contributed by atoms with Crippen LogP contribution in [-0.2, 0) is 19.1 Å². The smallest absolute Gasteiger partial charge is 0.344 e. The molecule has 0 aromatic heterocycles. The number of nitrogens with zero attached hydrogens (tertiary/aromatic N) is 1. The molecule has 0 aliphatic carbocycles. The molecular formula is C15H17ClN2O7. The molecule has 1 aromatic rings. The molecule has 25 heavy (non-hydrogen) atoms. The van der Waals surface area contributed by atoms with Crippen molar-refractivity contribution >= 4 is 35.1 Å². The van der Waals surface area contributed by atoms with Gasteiger partial charge in [-0.2, -0.15) is 0 Å². The Bertz CT molecular complexity index is 663. The van der Waals surface area contributed by atoms with Crippen LogP contribution in [0, 0.1) is 10.1 Å². The molecule has 136 valence electrons. The molecule has 10 heteroatoms. The van der Waals surface area contributed by atoms with Gasteiger partial charge < -0.3 is 14.8 Å².